The van der Waals surface area contributed by atoms with E-state index in [2.05, 4.69) is 11.9 Å². The topological polar surface area (TPSA) is 78.9 Å². The molecule has 0 radical (unpaired) electrons. The van der Waals surface area contributed by atoms with E-state index in [9.17, 15) is 9.59 Å². The average molecular weight is 242 g/mol. The highest BCUT2D eigenvalue weighted by atomic mass is 16.5. The van der Waals surface area contributed by atoms with Crippen molar-refractivity contribution in [3.05, 3.63) is 12.7 Å². The van der Waals surface area contributed by atoms with Crippen molar-refractivity contribution in [2.24, 2.45) is 0 Å². The fourth-order valence-corrected chi connectivity index (χ4v) is 1.59. The predicted molar refractivity (Wildman–Crippen MR) is 61.8 cm³/mol. The number of amides is 2. The van der Waals surface area contributed by atoms with Crippen LogP contribution >= 0.6 is 0 Å². The summed E-state index contributed by atoms with van der Waals surface area (Å²) in [7, 11) is 0. The van der Waals surface area contributed by atoms with E-state index in [0.717, 1.165) is 0 Å². The normalized spacial score (nSPS) is 21.7. The molecule has 2 amide bonds. The van der Waals surface area contributed by atoms with Crippen LogP contribution < -0.4 is 5.32 Å². The third-order valence-corrected chi connectivity index (χ3v) is 2.52. The van der Waals surface area contributed by atoms with Crippen LogP contribution in [0.1, 0.15) is 13.3 Å². The van der Waals surface area contributed by atoms with E-state index >= 15 is 0 Å². The van der Waals surface area contributed by atoms with Crippen molar-refractivity contribution < 1.29 is 19.4 Å². The fourth-order valence-electron chi connectivity index (χ4n) is 1.59. The van der Waals surface area contributed by atoms with Gasteiger partial charge in [0.1, 0.15) is 0 Å². The Morgan fingerprint density at radius 2 is 2.41 bits per heavy atom. The lowest BCUT2D eigenvalue weighted by atomic mass is 10.2. The number of nitrogens with zero attached hydrogens (tertiary/aromatic N) is 1. The van der Waals surface area contributed by atoms with Gasteiger partial charge in [0.05, 0.1) is 13.2 Å². The van der Waals surface area contributed by atoms with Crippen LogP contribution in [0, 0.1) is 0 Å². The number of carboxylic acid groups (broad SMARTS) is 1. The Morgan fingerprint density at radius 1 is 1.71 bits per heavy atom. The summed E-state index contributed by atoms with van der Waals surface area (Å²) in [5.41, 5.74) is 0. The van der Waals surface area contributed by atoms with Crippen LogP contribution in [-0.2, 0) is 9.53 Å². The number of hydrogen-bond donors (Lipinski definition) is 2. The molecule has 0 aliphatic carbocycles. The van der Waals surface area contributed by atoms with Crippen LogP contribution in [-0.4, -0.2) is 53.8 Å². The molecule has 0 aromatic rings. The molecule has 2 atom stereocenters. The van der Waals surface area contributed by atoms with Crippen molar-refractivity contribution in [3.63, 3.8) is 0 Å². The first-order valence-corrected chi connectivity index (χ1v) is 5.55. The van der Waals surface area contributed by atoms with Crippen LogP contribution in [0.3, 0.4) is 0 Å². The van der Waals surface area contributed by atoms with Gasteiger partial charge in [0.15, 0.2) is 6.10 Å². The van der Waals surface area contributed by atoms with E-state index in [1.165, 1.54) is 4.90 Å². The summed E-state index contributed by atoms with van der Waals surface area (Å²) in [6.07, 6.45) is 1.48. The number of nitrogens with one attached hydrogen (secondary N) is 1. The second kappa shape index (κ2) is 6.24. The van der Waals surface area contributed by atoms with Crippen molar-refractivity contribution in [3.8, 4) is 0 Å². The standard InChI is InChI=1S/C11H18N2O4/c1-3-4-8(2)12-11(16)13-5-6-17-9(7-13)10(14)15/h3,8-9H,1,4-7H2,2H3,(H,12,16)(H,14,15). The van der Waals surface area contributed by atoms with Gasteiger partial charge in [-0.3, -0.25) is 0 Å². The molecule has 17 heavy (non-hydrogen) atoms. The SMILES string of the molecule is C=CCC(C)NC(=O)N1CCOC(C(=O)O)C1. The molecule has 2 unspecified atom stereocenters. The maximum absolute atomic E-state index is 11.8. The minimum absolute atomic E-state index is 0.00822. The number of ether oxygens (including phenoxy) is 1. The Balaban J connectivity index is 2.46. The van der Waals surface area contributed by atoms with Gasteiger partial charge in [0.2, 0.25) is 0 Å². The Morgan fingerprint density at radius 3 is 3.00 bits per heavy atom. The summed E-state index contributed by atoms with van der Waals surface area (Å²) in [6.45, 7) is 6.21. The average Bonchev–Trinajstić information content (AvgIpc) is 2.29. The van der Waals surface area contributed by atoms with E-state index in [1.54, 1.807) is 6.08 Å². The minimum atomic E-state index is -1.04. The maximum atomic E-state index is 11.8. The number of carbonyl (C=O) groups is 2. The van der Waals surface area contributed by atoms with Crippen LogP contribution in [0.4, 0.5) is 4.79 Å². The molecular formula is C11H18N2O4. The van der Waals surface area contributed by atoms with Gasteiger partial charge < -0.3 is 20.1 Å². The third-order valence-electron chi connectivity index (χ3n) is 2.52. The van der Waals surface area contributed by atoms with Gasteiger partial charge >= 0.3 is 12.0 Å². The van der Waals surface area contributed by atoms with Gasteiger partial charge in [-0.05, 0) is 13.3 Å². The summed E-state index contributed by atoms with van der Waals surface area (Å²) in [5, 5.41) is 11.6. The fraction of sp³-hybridized carbons (Fsp3) is 0.636. The Bertz CT molecular complexity index is 306. The number of rotatable bonds is 4. The molecule has 0 aromatic heterocycles. The summed E-state index contributed by atoms with van der Waals surface area (Å²) < 4.78 is 5.03. The molecule has 2 N–H and O–H groups in total. The number of morpholine rings is 1. The van der Waals surface area contributed by atoms with E-state index in [0.29, 0.717) is 13.0 Å². The summed E-state index contributed by atoms with van der Waals surface area (Å²) >= 11 is 0. The second-order valence-electron chi connectivity index (χ2n) is 4.02. The molecular weight excluding hydrogens is 224 g/mol. The Kier molecular flexibility index (Phi) is 4.96. The first-order valence-electron chi connectivity index (χ1n) is 5.55. The van der Waals surface area contributed by atoms with Gasteiger partial charge in [0.25, 0.3) is 0 Å². The number of aliphatic carboxylic acids is 1. The molecule has 0 bridgehead atoms. The van der Waals surface area contributed by atoms with E-state index in [-0.39, 0.29) is 25.2 Å². The monoisotopic (exact) mass is 242 g/mol. The van der Waals surface area contributed by atoms with Crippen LogP contribution in [0.25, 0.3) is 0 Å². The molecule has 1 fully saturated rings. The summed E-state index contributed by atoms with van der Waals surface area (Å²) in [4.78, 5) is 24.0. The van der Waals surface area contributed by atoms with Crippen molar-refractivity contribution in [1.29, 1.82) is 0 Å². The molecule has 1 aliphatic heterocycles. The molecule has 1 aliphatic rings. The van der Waals surface area contributed by atoms with Crippen molar-refractivity contribution in [2.75, 3.05) is 19.7 Å². The van der Waals surface area contributed by atoms with E-state index in [4.69, 9.17) is 9.84 Å². The zero-order chi connectivity index (χ0) is 12.8. The quantitative estimate of drug-likeness (QED) is 0.701. The third kappa shape index (κ3) is 4.07. The van der Waals surface area contributed by atoms with Crippen molar-refractivity contribution >= 4 is 12.0 Å². The highest BCUT2D eigenvalue weighted by Gasteiger charge is 2.29. The number of hydrogen-bond acceptors (Lipinski definition) is 3. The largest absolute Gasteiger partial charge is 0.479 e. The predicted octanol–water partition coefficient (Wildman–Crippen LogP) is 0.446. The maximum Gasteiger partial charge on any atom is 0.334 e. The first-order chi connectivity index (χ1) is 8.04. The molecule has 0 aromatic carbocycles. The molecule has 6 heteroatoms. The second-order valence-corrected chi connectivity index (χ2v) is 4.02. The van der Waals surface area contributed by atoms with E-state index in [1.807, 2.05) is 6.92 Å². The van der Waals surface area contributed by atoms with Crippen molar-refractivity contribution in [1.82, 2.24) is 10.2 Å². The number of urea groups is 1. The Hall–Kier alpha value is -1.56. The van der Waals surface area contributed by atoms with Crippen LogP contribution in [0.5, 0.6) is 0 Å². The van der Waals surface area contributed by atoms with Gasteiger partial charge in [-0.15, -0.1) is 6.58 Å². The zero-order valence-electron chi connectivity index (χ0n) is 9.89. The summed E-state index contributed by atoms with van der Waals surface area (Å²) in [5.74, 6) is -1.04. The van der Waals surface area contributed by atoms with Gasteiger partial charge in [0, 0.05) is 12.6 Å². The zero-order valence-corrected chi connectivity index (χ0v) is 9.89. The van der Waals surface area contributed by atoms with Gasteiger partial charge in [-0.1, -0.05) is 6.08 Å². The Labute approximate surface area is 100 Å². The molecule has 1 rings (SSSR count). The van der Waals surface area contributed by atoms with Crippen molar-refractivity contribution in [2.45, 2.75) is 25.5 Å². The van der Waals surface area contributed by atoms with E-state index < -0.39 is 12.1 Å². The molecule has 1 saturated heterocycles. The molecule has 1 heterocycles. The van der Waals surface area contributed by atoms with Gasteiger partial charge in [-0.2, -0.15) is 0 Å². The molecule has 0 spiro atoms. The van der Waals surface area contributed by atoms with Crippen LogP contribution in [0.15, 0.2) is 12.7 Å². The molecule has 6 nitrogen and oxygen atoms in total. The highest BCUT2D eigenvalue weighted by Crippen LogP contribution is 2.06. The smallest absolute Gasteiger partial charge is 0.334 e. The lowest BCUT2D eigenvalue weighted by molar-refractivity contribution is -0.154. The number of carboxylic acids is 1. The summed E-state index contributed by atoms with van der Waals surface area (Å²) in [6, 6.07) is -0.264. The number of carbonyl (C=O) groups excluding carboxylic acids is 1. The lowest BCUT2D eigenvalue weighted by Crippen LogP contribution is -2.53. The van der Waals surface area contributed by atoms with Crippen LogP contribution in [0.2, 0.25) is 0 Å². The lowest BCUT2D eigenvalue weighted by Gasteiger charge is -2.31. The van der Waals surface area contributed by atoms with Gasteiger partial charge in [-0.25, -0.2) is 9.59 Å². The molecule has 0 saturated carbocycles. The first kappa shape index (κ1) is 13.5. The highest BCUT2D eigenvalue weighted by molar-refractivity contribution is 5.77. The molecule has 96 valence electrons. The minimum Gasteiger partial charge on any atom is -0.479 e.